The van der Waals surface area contributed by atoms with Crippen LogP contribution < -0.4 is 11.1 Å². The maximum Gasteiger partial charge on any atom is 0.263 e. The highest BCUT2D eigenvalue weighted by molar-refractivity contribution is 5.95. The van der Waals surface area contributed by atoms with Crippen molar-refractivity contribution in [2.45, 2.75) is 26.7 Å². The molecule has 0 spiro atoms. The van der Waals surface area contributed by atoms with Crippen LogP contribution in [0.3, 0.4) is 0 Å². The monoisotopic (exact) mass is 292 g/mol. The summed E-state index contributed by atoms with van der Waals surface area (Å²) < 4.78 is 3.33. The molecule has 0 bridgehead atoms. The molecule has 4 heteroatoms. The Balaban J connectivity index is 2.49. The number of pyridine rings is 2. The van der Waals surface area contributed by atoms with Gasteiger partial charge in [0.25, 0.3) is 11.1 Å². The molecule has 0 saturated carbocycles. The molecule has 4 heterocycles. The van der Waals surface area contributed by atoms with Crippen molar-refractivity contribution in [3.8, 4) is 0 Å². The van der Waals surface area contributed by atoms with Gasteiger partial charge in [0, 0.05) is 12.4 Å². The lowest BCUT2D eigenvalue weighted by atomic mass is 9.99. The summed E-state index contributed by atoms with van der Waals surface area (Å²) in [6.07, 6.45) is 5.00. The van der Waals surface area contributed by atoms with Gasteiger partial charge in [-0.1, -0.05) is 13.8 Å². The van der Waals surface area contributed by atoms with Gasteiger partial charge >= 0.3 is 0 Å². The van der Waals surface area contributed by atoms with E-state index >= 15 is 0 Å². The van der Waals surface area contributed by atoms with Crippen molar-refractivity contribution in [2.24, 2.45) is 0 Å². The third kappa shape index (κ3) is 1.42. The van der Waals surface area contributed by atoms with Gasteiger partial charge in [-0.05, 0) is 48.2 Å². The first-order valence-electron chi connectivity index (χ1n) is 7.60. The maximum atomic E-state index is 12.9. The average Bonchev–Trinajstić information content (AvgIpc) is 3.18. The van der Waals surface area contributed by atoms with E-state index in [4.69, 9.17) is 0 Å². The van der Waals surface area contributed by atoms with Crippen LogP contribution in [0.1, 0.15) is 25.0 Å². The fourth-order valence-electron chi connectivity index (χ4n) is 3.59. The molecule has 0 N–H and O–H groups in total. The van der Waals surface area contributed by atoms with Gasteiger partial charge in [-0.25, -0.2) is 0 Å². The molecule has 0 aromatic carbocycles. The summed E-state index contributed by atoms with van der Waals surface area (Å²) in [5.74, 6) is 0. The largest absolute Gasteiger partial charge is 0.283 e. The van der Waals surface area contributed by atoms with E-state index in [0.29, 0.717) is 10.8 Å². The third-order valence-corrected chi connectivity index (χ3v) is 4.54. The van der Waals surface area contributed by atoms with Crippen molar-refractivity contribution in [1.82, 2.24) is 8.80 Å². The minimum Gasteiger partial charge on any atom is -0.283 e. The first-order valence-corrected chi connectivity index (χ1v) is 7.60. The van der Waals surface area contributed by atoms with Crippen LogP contribution in [0.25, 0.3) is 21.8 Å². The number of nitrogens with zero attached hydrogens (tertiary/aromatic N) is 2. The minimum atomic E-state index is -0.0927. The second kappa shape index (κ2) is 4.44. The Morgan fingerprint density at radius 3 is 1.55 bits per heavy atom. The van der Waals surface area contributed by atoms with Crippen LogP contribution in [0, 0.1) is 0 Å². The molecule has 22 heavy (non-hydrogen) atoms. The molecule has 0 unspecified atom stereocenters. The summed E-state index contributed by atoms with van der Waals surface area (Å²) >= 11 is 0. The van der Waals surface area contributed by atoms with Crippen molar-refractivity contribution in [3.63, 3.8) is 0 Å². The van der Waals surface area contributed by atoms with Gasteiger partial charge in [-0.3, -0.25) is 18.4 Å². The SMILES string of the molecule is CCc1c2c(=O)n3cccc3c(CC)c2c(=O)n2cccc12. The summed E-state index contributed by atoms with van der Waals surface area (Å²) in [6.45, 7) is 4.05. The maximum absolute atomic E-state index is 12.9. The number of hydrogen-bond acceptors (Lipinski definition) is 2. The molecule has 4 rings (SSSR count). The smallest absolute Gasteiger partial charge is 0.263 e. The normalized spacial score (nSPS) is 11.9. The standard InChI is InChI=1S/C18H16N2O2/c1-3-11-13-7-5-9-19(13)18(22)16-12(4-2)14-8-6-10-20(14)17(21)15(11)16/h5-10H,3-4H2,1-2H3. The van der Waals surface area contributed by atoms with Crippen molar-refractivity contribution in [1.29, 1.82) is 0 Å². The molecule has 4 aromatic rings. The van der Waals surface area contributed by atoms with Gasteiger partial charge in [0.1, 0.15) is 0 Å². The summed E-state index contributed by atoms with van der Waals surface area (Å²) in [7, 11) is 0. The Kier molecular flexibility index (Phi) is 2.64. The second-order valence-electron chi connectivity index (χ2n) is 5.55. The zero-order valence-electron chi connectivity index (χ0n) is 12.6. The van der Waals surface area contributed by atoms with Crippen molar-refractivity contribution in [3.05, 3.63) is 68.5 Å². The first-order chi connectivity index (χ1) is 10.7. The lowest BCUT2D eigenvalue weighted by molar-refractivity contribution is 1.04. The summed E-state index contributed by atoms with van der Waals surface area (Å²) in [6, 6.07) is 7.53. The quantitative estimate of drug-likeness (QED) is 0.570. The Bertz CT molecular complexity index is 1040. The number of hydrogen-bond donors (Lipinski definition) is 0. The Hall–Kier alpha value is -2.62. The van der Waals surface area contributed by atoms with E-state index < -0.39 is 0 Å². The fourth-order valence-corrected chi connectivity index (χ4v) is 3.59. The third-order valence-electron chi connectivity index (χ3n) is 4.54. The van der Waals surface area contributed by atoms with E-state index in [2.05, 4.69) is 0 Å². The van der Waals surface area contributed by atoms with Gasteiger partial charge in [0.15, 0.2) is 0 Å². The molecule has 0 aliphatic heterocycles. The lowest BCUT2D eigenvalue weighted by Gasteiger charge is -2.12. The Labute approximate surface area is 126 Å². The topological polar surface area (TPSA) is 43.0 Å². The Morgan fingerprint density at radius 2 is 1.18 bits per heavy atom. The van der Waals surface area contributed by atoms with Gasteiger partial charge in [-0.2, -0.15) is 0 Å². The summed E-state index contributed by atoms with van der Waals surface area (Å²) in [4.78, 5) is 25.9. The molecule has 4 aromatic heterocycles. The van der Waals surface area contributed by atoms with Gasteiger partial charge in [0.05, 0.1) is 21.8 Å². The summed E-state index contributed by atoms with van der Waals surface area (Å²) in [5, 5.41) is 1.17. The van der Waals surface area contributed by atoms with Gasteiger partial charge in [0.2, 0.25) is 0 Å². The number of fused-ring (bicyclic) bond motifs is 3. The van der Waals surface area contributed by atoms with E-state index in [1.54, 1.807) is 21.2 Å². The van der Waals surface area contributed by atoms with Crippen molar-refractivity contribution in [2.75, 3.05) is 0 Å². The molecule has 0 amide bonds. The molecule has 0 aliphatic rings. The minimum absolute atomic E-state index is 0.0927. The predicted molar refractivity (Wildman–Crippen MR) is 88.3 cm³/mol. The molecule has 0 atom stereocenters. The number of aromatic nitrogens is 2. The van der Waals surface area contributed by atoms with Crippen LogP contribution >= 0.6 is 0 Å². The zero-order valence-corrected chi connectivity index (χ0v) is 12.6. The van der Waals surface area contributed by atoms with Crippen LogP contribution in [0.15, 0.2) is 46.2 Å². The van der Waals surface area contributed by atoms with Crippen LogP contribution in [-0.4, -0.2) is 8.80 Å². The van der Waals surface area contributed by atoms with Crippen LogP contribution in [0.5, 0.6) is 0 Å². The van der Waals surface area contributed by atoms with E-state index in [1.165, 1.54) is 0 Å². The first kappa shape index (κ1) is 13.1. The fraction of sp³-hybridized carbons (Fsp3) is 0.222. The van der Waals surface area contributed by atoms with E-state index in [1.807, 2.05) is 38.1 Å². The second-order valence-corrected chi connectivity index (χ2v) is 5.55. The number of aryl methyl sites for hydroxylation is 2. The lowest BCUT2D eigenvalue weighted by Crippen LogP contribution is -2.23. The molecule has 0 saturated heterocycles. The van der Waals surface area contributed by atoms with Crippen LogP contribution in [0.4, 0.5) is 0 Å². The highest BCUT2D eigenvalue weighted by atomic mass is 16.1. The van der Waals surface area contributed by atoms with Crippen LogP contribution in [0.2, 0.25) is 0 Å². The predicted octanol–water partition coefficient (Wildman–Crippen LogP) is 2.63. The van der Waals surface area contributed by atoms with E-state index in [0.717, 1.165) is 35.0 Å². The van der Waals surface area contributed by atoms with Crippen molar-refractivity contribution < 1.29 is 0 Å². The average molecular weight is 292 g/mol. The molecular weight excluding hydrogens is 276 g/mol. The molecule has 0 radical (unpaired) electrons. The molecule has 0 fully saturated rings. The molecule has 0 aliphatic carbocycles. The van der Waals surface area contributed by atoms with Gasteiger partial charge in [-0.15, -0.1) is 0 Å². The highest BCUT2D eigenvalue weighted by Gasteiger charge is 2.19. The molecular formula is C18H16N2O2. The zero-order chi connectivity index (χ0) is 15.4. The van der Waals surface area contributed by atoms with Gasteiger partial charge < -0.3 is 0 Å². The molecule has 110 valence electrons. The van der Waals surface area contributed by atoms with E-state index in [9.17, 15) is 9.59 Å². The highest BCUT2D eigenvalue weighted by Crippen LogP contribution is 2.25. The summed E-state index contributed by atoms with van der Waals surface area (Å²) in [5.41, 5.74) is 3.40. The Morgan fingerprint density at radius 1 is 0.773 bits per heavy atom. The van der Waals surface area contributed by atoms with Crippen molar-refractivity contribution >= 4 is 21.8 Å². The number of rotatable bonds is 2. The van der Waals surface area contributed by atoms with E-state index in [-0.39, 0.29) is 11.1 Å². The van der Waals surface area contributed by atoms with Crippen LogP contribution in [-0.2, 0) is 12.8 Å². The molecule has 4 nitrogen and oxygen atoms in total.